The van der Waals surface area contributed by atoms with Crippen LogP contribution in [0, 0.1) is 6.92 Å². The van der Waals surface area contributed by atoms with Crippen LogP contribution in [-0.2, 0) is 11.4 Å². The summed E-state index contributed by atoms with van der Waals surface area (Å²) in [6.45, 7) is 3.65. The lowest BCUT2D eigenvalue weighted by Crippen LogP contribution is -2.40. The second kappa shape index (κ2) is 8.29. The molecule has 0 saturated heterocycles. The highest BCUT2D eigenvalue weighted by molar-refractivity contribution is 9.10. The van der Waals surface area contributed by atoms with E-state index in [9.17, 15) is 4.79 Å². The zero-order valence-corrected chi connectivity index (χ0v) is 18.6. The molecule has 1 aromatic carbocycles. The van der Waals surface area contributed by atoms with Crippen LogP contribution in [0.3, 0.4) is 0 Å². The third kappa shape index (κ3) is 3.85. The van der Waals surface area contributed by atoms with Crippen molar-refractivity contribution in [1.82, 2.24) is 9.38 Å². The number of imidazole rings is 1. The van der Waals surface area contributed by atoms with Gasteiger partial charge in [-0.3, -0.25) is 9.20 Å². The van der Waals surface area contributed by atoms with E-state index in [2.05, 4.69) is 20.9 Å². The largest absolute Gasteiger partial charge is 0.485 e. The summed E-state index contributed by atoms with van der Waals surface area (Å²) in [5.41, 5.74) is 8.32. The molecular weight excluding hydrogens is 467 g/mol. The number of fused-ring (bicyclic) bond motifs is 1. The number of hydrogen-bond donors (Lipinski definition) is 1. The van der Waals surface area contributed by atoms with E-state index in [1.807, 2.05) is 29.7 Å². The topological polar surface area (TPSA) is 72.9 Å². The summed E-state index contributed by atoms with van der Waals surface area (Å²) in [5.74, 6) is 0.340. The molecule has 0 radical (unpaired) electrons. The van der Waals surface area contributed by atoms with Gasteiger partial charge in [0.2, 0.25) is 5.91 Å². The fourth-order valence-electron chi connectivity index (χ4n) is 2.79. The first kappa shape index (κ1) is 20.9. The predicted molar refractivity (Wildman–Crippen MR) is 115 cm³/mol. The predicted octanol–water partition coefficient (Wildman–Crippen LogP) is 4.60. The van der Waals surface area contributed by atoms with Crippen LogP contribution >= 0.6 is 39.1 Å². The number of carbonyl (C=O) groups is 1. The number of pyridine rings is 1. The molecule has 1 amide bonds. The van der Waals surface area contributed by atoms with Crippen molar-refractivity contribution in [2.45, 2.75) is 26.5 Å². The molecule has 3 aromatic rings. The molecule has 148 valence electrons. The lowest BCUT2D eigenvalue weighted by atomic mass is 10.1. The lowest BCUT2D eigenvalue weighted by molar-refractivity contribution is -0.119. The number of aromatic nitrogens is 2. The quantitative estimate of drug-likeness (QED) is 0.573. The van der Waals surface area contributed by atoms with Crippen LogP contribution in [-0.4, -0.2) is 28.4 Å². The molecule has 0 aliphatic carbocycles. The molecule has 2 aromatic heterocycles. The fraction of sp³-hybridized carbons (Fsp3) is 0.263. The first-order valence-corrected chi connectivity index (χ1v) is 10.0. The summed E-state index contributed by atoms with van der Waals surface area (Å²) in [6.07, 6.45) is 1.89. The number of rotatable bonds is 5. The molecule has 0 fully saturated rings. The summed E-state index contributed by atoms with van der Waals surface area (Å²) in [4.78, 5) is 18.2. The SMILES string of the molecule is Cc1nc2c(OCc3c(Cl)ccc(N(C)C(=O)[C@H](C)N)c3Cl)cccn2c1Br. The maximum Gasteiger partial charge on any atom is 0.243 e. The summed E-state index contributed by atoms with van der Waals surface area (Å²) in [5, 5.41) is 0.791. The van der Waals surface area contributed by atoms with Crippen LogP contribution in [0.1, 0.15) is 18.2 Å². The Morgan fingerprint density at radius 1 is 1.39 bits per heavy atom. The minimum Gasteiger partial charge on any atom is -0.485 e. The molecule has 1 atom stereocenters. The van der Waals surface area contributed by atoms with Crippen LogP contribution in [0.5, 0.6) is 5.75 Å². The van der Waals surface area contributed by atoms with E-state index in [1.54, 1.807) is 26.1 Å². The zero-order valence-electron chi connectivity index (χ0n) is 15.5. The Bertz CT molecular complexity index is 1050. The van der Waals surface area contributed by atoms with Crippen molar-refractivity contribution >= 4 is 56.4 Å². The van der Waals surface area contributed by atoms with E-state index in [1.165, 1.54) is 4.90 Å². The molecular formula is C19H19BrCl2N4O2. The number of carbonyl (C=O) groups excluding carboxylic acids is 1. The Labute approximate surface area is 181 Å². The summed E-state index contributed by atoms with van der Waals surface area (Å²) >= 11 is 16.4. The maximum absolute atomic E-state index is 12.2. The molecule has 0 unspecified atom stereocenters. The second-order valence-electron chi connectivity index (χ2n) is 6.39. The van der Waals surface area contributed by atoms with E-state index in [0.29, 0.717) is 32.7 Å². The van der Waals surface area contributed by atoms with Crippen molar-refractivity contribution in [3.05, 3.63) is 56.4 Å². The van der Waals surface area contributed by atoms with Crippen molar-refractivity contribution in [2.24, 2.45) is 5.73 Å². The van der Waals surface area contributed by atoms with Gasteiger partial charge in [0, 0.05) is 23.8 Å². The Morgan fingerprint density at radius 3 is 2.79 bits per heavy atom. The molecule has 0 aliphatic rings. The minimum atomic E-state index is -0.642. The van der Waals surface area contributed by atoms with Crippen molar-refractivity contribution in [3.8, 4) is 5.75 Å². The van der Waals surface area contributed by atoms with Gasteiger partial charge in [-0.25, -0.2) is 4.98 Å². The molecule has 2 N–H and O–H groups in total. The normalized spacial score (nSPS) is 12.2. The molecule has 0 aliphatic heterocycles. The Morgan fingerprint density at radius 2 is 2.11 bits per heavy atom. The van der Waals surface area contributed by atoms with E-state index >= 15 is 0 Å². The fourth-order valence-corrected chi connectivity index (χ4v) is 3.77. The molecule has 0 spiro atoms. The molecule has 6 nitrogen and oxygen atoms in total. The van der Waals surface area contributed by atoms with Gasteiger partial charge >= 0.3 is 0 Å². The van der Waals surface area contributed by atoms with Crippen LogP contribution in [0.4, 0.5) is 5.69 Å². The molecule has 3 rings (SSSR count). The molecule has 9 heteroatoms. The standard InChI is InChI=1S/C19H19BrCl2N4O2/c1-10(23)19(27)25(3)14-7-6-13(21)12(16(14)22)9-28-15-5-4-8-26-17(20)11(2)24-18(15)26/h4-8,10H,9,23H2,1-3H3/t10-/m0/s1. The Kier molecular flexibility index (Phi) is 6.19. The van der Waals surface area contributed by atoms with Crippen molar-refractivity contribution in [3.63, 3.8) is 0 Å². The summed E-state index contributed by atoms with van der Waals surface area (Å²) < 4.78 is 8.73. The van der Waals surface area contributed by atoms with Gasteiger partial charge in [-0.05, 0) is 54.0 Å². The number of nitrogens with zero attached hydrogens (tertiary/aromatic N) is 3. The minimum absolute atomic E-state index is 0.120. The Hall–Kier alpha value is -1.80. The van der Waals surface area contributed by atoms with Gasteiger partial charge in [0.05, 0.1) is 22.4 Å². The number of halogens is 3. The highest BCUT2D eigenvalue weighted by atomic mass is 79.9. The number of aryl methyl sites for hydroxylation is 1. The van der Waals surface area contributed by atoms with Gasteiger partial charge in [-0.1, -0.05) is 23.2 Å². The third-order valence-electron chi connectivity index (χ3n) is 4.33. The average Bonchev–Trinajstić information content (AvgIpc) is 2.95. The number of anilines is 1. The van der Waals surface area contributed by atoms with Crippen LogP contribution < -0.4 is 15.4 Å². The van der Waals surface area contributed by atoms with Gasteiger partial charge < -0.3 is 15.4 Å². The van der Waals surface area contributed by atoms with E-state index in [4.69, 9.17) is 33.7 Å². The first-order valence-electron chi connectivity index (χ1n) is 8.48. The van der Waals surface area contributed by atoms with Crippen molar-refractivity contribution in [2.75, 3.05) is 11.9 Å². The van der Waals surface area contributed by atoms with Gasteiger partial charge in [-0.2, -0.15) is 0 Å². The van der Waals surface area contributed by atoms with Crippen LogP contribution in [0.15, 0.2) is 35.1 Å². The van der Waals surface area contributed by atoms with Crippen molar-refractivity contribution in [1.29, 1.82) is 0 Å². The van der Waals surface area contributed by atoms with Gasteiger partial charge in [0.15, 0.2) is 11.4 Å². The first-order chi connectivity index (χ1) is 13.2. The van der Waals surface area contributed by atoms with E-state index in [-0.39, 0.29) is 12.5 Å². The maximum atomic E-state index is 12.2. The highest BCUT2D eigenvalue weighted by Crippen LogP contribution is 2.35. The van der Waals surface area contributed by atoms with E-state index < -0.39 is 6.04 Å². The molecule has 0 saturated carbocycles. The number of likely N-dealkylation sites (N-methyl/N-ethyl adjacent to an activating group) is 1. The number of ether oxygens (including phenoxy) is 1. The number of nitrogens with two attached hydrogens (primary N) is 1. The highest BCUT2D eigenvalue weighted by Gasteiger charge is 2.21. The van der Waals surface area contributed by atoms with Crippen molar-refractivity contribution < 1.29 is 9.53 Å². The zero-order chi connectivity index (χ0) is 20.6. The average molecular weight is 486 g/mol. The molecule has 2 heterocycles. The van der Waals surface area contributed by atoms with Crippen LogP contribution in [0.25, 0.3) is 5.65 Å². The smallest absolute Gasteiger partial charge is 0.243 e. The Balaban J connectivity index is 1.92. The second-order valence-corrected chi connectivity index (χ2v) is 7.92. The third-order valence-corrected chi connectivity index (χ3v) is 6.07. The van der Waals surface area contributed by atoms with Gasteiger partial charge in [-0.15, -0.1) is 0 Å². The summed E-state index contributed by atoms with van der Waals surface area (Å²) in [6, 6.07) is 6.42. The summed E-state index contributed by atoms with van der Waals surface area (Å²) in [7, 11) is 1.62. The van der Waals surface area contributed by atoms with Gasteiger partial charge in [0.25, 0.3) is 0 Å². The monoisotopic (exact) mass is 484 g/mol. The van der Waals surface area contributed by atoms with E-state index in [0.717, 1.165) is 10.3 Å². The molecule has 28 heavy (non-hydrogen) atoms. The van der Waals surface area contributed by atoms with Crippen LogP contribution in [0.2, 0.25) is 10.0 Å². The van der Waals surface area contributed by atoms with Gasteiger partial charge in [0.1, 0.15) is 11.2 Å². The number of hydrogen-bond acceptors (Lipinski definition) is 4. The molecule has 0 bridgehead atoms. The number of amides is 1. The lowest BCUT2D eigenvalue weighted by Gasteiger charge is -2.22. The number of benzene rings is 1.